The number of benzene rings is 2. The molecule has 142 valence electrons. The SMILES string of the molecule is CCOc1ccc(OCCSc2nnc(COc3ccc(Cl)cc3)o2)cc1. The molecule has 0 aliphatic rings. The van der Waals surface area contributed by atoms with Crippen LogP contribution in [0.25, 0.3) is 0 Å². The standard InChI is InChI=1S/C19H19ClN2O4S/c1-2-23-15-7-9-16(10-8-15)24-11-12-27-19-22-21-18(26-19)13-25-17-5-3-14(20)4-6-17/h3-10H,2,11-13H2,1H3. The van der Waals surface area contributed by atoms with E-state index in [0.29, 0.717) is 40.9 Å². The van der Waals surface area contributed by atoms with Gasteiger partial charge in [0.25, 0.3) is 11.1 Å². The lowest BCUT2D eigenvalue weighted by molar-refractivity contribution is 0.252. The van der Waals surface area contributed by atoms with Crippen molar-refractivity contribution in [2.24, 2.45) is 0 Å². The molecule has 0 fully saturated rings. The zero-order valence-corrected chi connectivity index (χ0v) is 16.3. The first kappa shape index (κ1) is 19.4. The van der Waals surface area contributed by atoms with Gasteiger partial charge in [-0.3, -0.25) is 0 Å². The molecule has 0 bridgehead atoms. The molecular formula is C19H19ClN2O4S. The summed E-state index contributed by atoms with van der Waals surface area (Å²) >= 11 is 7.27. The molecule has 3 aromatic rings. The highest BCUT2D eigenvalue weighted by Crippen LogP contribution is 2.21. The predicted molar refractivity (Wildman–Crippen MR) is 104 cm³/mol. The molecule has 2 aromatic carbocycles. The summed E-state index contributed by atoms with van der Waals surface area (Å²) < 4.78 is 22.2. The van der Waals surface area contributed by atoms with Crippen LogP contribution in [0.1, 0.15) is 12.8 Å². The molecule has 27 heavy (non-hydrogen) atoms. The molecular weight excluding hydrogens is 388 g/mol. The quantitative estimate of drug-likeness (QED) is 0.351. The van der Waals surface area contributed by atoms with Crippen LogP contribution < -0.4 is 14.2 Å². The van der Waals surface area contributed by atoms with Gasteiger partial charge >= 0.3 is 0 Å². The lowest BCUT2D eigenvalue weighted by atomic mass is 10.3. The maximum atomic E-state index is 5.84. The Bertz CT molecular complexity index is 824. The number of halogens is 1. The fourth-order valence-corrected chi connectivity index (χ4v) is 2.84. The van der Waals surface area contributed by atoms with Crippen molar-refractivity contribution in [3.63, 3.8) is 0 Å². The third-order valence-corrected chi connectivity index (χ3v) is 4.37. The summed E-state index contributed by atoms with van der Waals surface area (Å²) in [6.07, 6.45) is 0. The summed E-state index contributed by atoms with van der Waals surface area (Å²) in [7, 11) is 0. The minimum Gasteiger partial charge on any atom is -0.494 e. The molecule has 0 radical (unpaired) electrons. The number of nitrogens with zero attached hydrogens (tertiary/aromatic N) is 2. The zero-order valence-electron chi connectivity index (χ0n) is 14.8. The van der Waals surface area contributed by atoms with Gasteiger partial charge in [0.15, 0.2) is 6.61 Å². The number of rotatable bonds is 10. The molecule has 0 atom stereocenters. The molecule has 1 heterocycles. The van der Waals surface area contributed by atoms with E-state index in [2.05, 4.69) is 10.2 Å². The summed E-state index contributed by atoms with van der Waals surface area (Å²) in [5.74, 6) is 3.42. The van der Waals surface area contributed by atoms with E-state index in [0.717, 1.165) is 11.5 Å². The Labute approximate surface area is 166 Å². The lowest BCUT2D eigenvalue weighted by Gasteiger charge is -2.06. The van der Waals surface area contributed by atoms with Gasteiger partial charge < -0.3 is 18.6 Å². The van der Waals surface area contributed by atoms with Crippen molar-refractivity contribution in [2.75, 3.05) is 19.0 Å². The van der Waals surface area contributed by atoms with E-state index in [-0.39, 0.29) is 6.61 Å². The van der Waals surface area contributed by atoms with E-state index in [1.165, 1.54) is 11.8 Å². The highest BCUT2D eigenvalue weighted by atomic mass is 35.5. The number of hydrogen-bond donors (Lipinski definition) is 0. The van der Waals surface area contributed by atoms with Gasteiger partial charge in [-0.05, 0) is 55.5 Å². The van der Waals surface area contributed by atoms with Gasteiger partial charge in [-0.25, -0.2) is 0 Å². The average Bonchev–Trinajstić information content (AvgIpc) is 3.14. The second kappa shape index (κ2) is 10.1. The summed E-state index contributed by atoms with van der Waals surface area (Å²) in [6.45, 7) is 3.33. The number of aromatic nitrogens is 2. The molecule has 0 saturated carbocycles. The van der Waals surface area contributed by atoms with E-state index < -0.39 is 0 Å². The maximum absolute atomic E-state index is 5.84. The molecule has 0 spiro atoms. The minimum absolute atomic E-state index is 0.206. The fourth-order valence-electron chi connectivity index (χ4n) is 2.12. The Morgan fingerprint density at radius 2 is 1.52 bits per heavy atom. The van der Waals surface area contributed by atoms with Crippen molar-refractivity contribution in [3.05, 3.63) is 59.4 Å². The van der Waals surface area contributed by atoms with E-state index in [4.69, 9.17) is 30.2 Å². The van der Waals surface area contributed by atoms with Crippen LogP contribution in [-0.2, 0) is 6.61 Å². The Balaban J connectivity index is 1.37. The third kappa shape index (κ3) is 6.37. The predicted octanol–water partition coefficient (Wildman–Crippen LogP) is 4.87. The Morgan fingerprint density at radius 3 is 2.22 bits per heavy atom. The maximum Gasteiger partial charge on any atom is 0.276 e. The van der Waals surface area contributed by atoms with Crippen LogP contribution in [0.3, 0.4) is 0 Å². The van der Waals surface area contributed by atoms with Crippen molar-refractivity contribution >= 4 is 23.4 Å². The summed E-state index contributed by atoms with van der Waals surface area (Å²) in [4.78, 5) is 0. The second-order valence-corrected chi connectivity index (χ2v) is 6.79. The first-order chi connectivity index (χ1) is 13.2. The largest absolute Gasteiger partial charge is 0.494 e. The smallest absolute Gasteiger partial charge is 0.276 e. The molecule has 0 saturated heterocycles. The normalized spacial score (nSPS) is 10.6. The average molecular weight is 407 g/mol. The minimum atomic E-state index is 0.206. The summed E-state index contributed by atoms with van der Waals surface area (Å²) in [5, 5.41) is 9.11. The van der Waals surface area contributed by atoms with Crippen molar-refractivity contribution in [2.45, 2.75) is 18.8 Å². The summed E-state index contributed by atoms with van der Waals surface area (Å²) in [5.41, 5.74) is 0. The first-order valence-electron chi connectivity index (χ1n) is 8.42. The molecule has 6 nitrogen and oxygen atoms in total. The number of thioether (sulfide) groups is 1. The monoisotopic (exact) mass is 406 g/mol. The van der Waals surface area contributed by atoms with Crippen LogP contribution in [0.5, 0.6) is 17.2 Å². The van der Waals surface area contributed by atoms with Crippen LogP contribution in [-0.4, -0.2) is 29.2 Å². The second-order valence-electron chi connectivity index (χ2n) is 5.31. The van der Waals surface area contributed by atoms with Crippen molar-refractivity contribution in [3.8, 4) is 17.2 Å². The molecule has 0 aliphatic heterocycles. The zero-order chi connectivity index (χ0) is 18.9. The van der Waals surface area contributed by atoms with Gasteiger partial charge in [-0.15, -0.1) is 10.2 Å². The Morgan fingerprint density at radius 1 is 0.889 bits per heavy atom. The highest BCUT2D eigenvalue weighted by Gasteiger charge is 2.08. The topological polar surface area (TPSA) is 66.6 Å². The van der Waals surface area contributed by atoms with Crippen molar-refractivity contribution in [1.29, 1.82) is 0 Å². The number of ether oxygens (including phenoxy) is 3. The molecule has 0 aliphatic carbocycles. The molecule has 0 N–H and O–H groups in total. The van der Waals surface area contributed by atoms with Gasteiger partial charge in [0.2, 0.25) is 0 Å². The van der Waals surface area contributed by atoms with E-state index >= 15 is 0 Å². The van der Waals surface area contributed by atoms with Gasteiger partial charge in [0.1, 0.15) is 17.2 Å². The molecule has 1 aromatic heterocycles. The van der Waals surface area contributed by atoms with Gasteiger partial charge in [-0.2, -0.15) is 0 Å². The van der Waals surface area contributed by atoms with Crippen LogP contribution >= 0.6 is 23.4 Å². The van der Waals surface area contributed by atoms with Crippen molar-refractivity contribution in [1.82, 2.24) is 10.2 Å². The lowest BCUT2D eigenvalue weighted by Crippen LogP contribution is -2.00. The number of hydrogen-bond acceptors (Lipinski definition) is 7. The van der Waals surface area contributed by atoms with Crippen molar-refractivity contribution < 1.29 is 18.6 Å². The van der Waals surface area contributed by atoms with Gasteiger partial charge in [0, 0.05) is 10.8 Å². The van der Waals surface area contributed by atoms with Gasteiger partial charge in [-0.1, -0.05) is 23.4 Å². The van der Waals surface area contributed by atoms with Gasteiger partial charge in [0.05, 0.1) is 13.2 Å². The molecule has 8 heteroatoms. The van der Waals surface area contributed by atoms with Crippen LogP contribution in [0.15, 0.2) is 58.2 Å². The highest BCUT2D eigenvalue weighted by molar-refractivity contribution is 7.99. The fraction of sp³-hybridized carbons (Fsp3) is 0.263. The van der Waals surface area contributed by atoms with E-state index in [9.17, 15) is 0 Å². The van der Waals surface area contributed by atoms with Crippen LogP contribution in [0.2, 0.25) is 5.02 Å². The van der Waals surface area contributed by atoms with Crippen LogP contribution in [0.4, 0.5) is 0 Å². The Hall–Kier alpha value is -2.38. The molecule has 3 rings (SSSR count). The molecule has 0 amide bonds. The Kier molecular flexibility index (Phi) is 7.24. The summed E-state index contributed by atoms with van der Waals surface area (Å²) in [6, 6.07) is 14.6. The first-order valence-corrected chi connectivity index (χ1v) is 9.78. The third-order valence-electron chi connectivity index (χ3n) is 3.34. The van der Waals surface area contributed by atoms with E-state index in [1.54, 1.807) is 24.3 Å². The van der Waals surface area contributed by atoms with Crippen LogP contribution in [0, 0.1) is 0 Å². The van der Waals surface area contributed by atoms with E-state index in [1.807, 2.05) is 31.2 Å². The molecule has 0 unspecified atom stereocenters.